The Morgan fingerprint density at radius 3 is 2.57 bits per heavy atom. The van der Waals surface area contributed by atoms with E-state index in [1.807, 2.05) is 0 Å². The molecule has 3 aromatic heterocycles. The standard InChI is InChI=1S/C21H20ClF4N5O4/c1-4-30-17(9-32)29-31(20(30)34)18-15(23)7-13(19(28-18)35-11(3)21(24,25)26)16(33)8-12-10(2)27-6-5-14(12)22/h5-7,11,32H,4,8-9H2,1-3H3/t11-/m0/s1. The van der Waals surface area contributed by atoms with Gasteiger partial charge in [-0.15, -0.1) is 5.10 Å². The van der Waals surface area contributed by atoms with E-state index in [1.54, 1.807) is 13.8 Å². The van der Waals surface area contributed by atoms with Crippen molar-refractivity contribution in [1.82, 2.24) is 24.3 Å². The molecule has 0 spiro atoms. The highest BCUT2D eigenvalue weighted by Gasteiger charge is 2.39. The fourth-order valence-corrected chi connectivity index (χ4v) is 3.44. The molecule has 0 saturated heterocycles. The number of carbonyl (C=O) groups is 1. The lowest BCUT2D eigenvalue weighted by Gasteiger charge is -2.19. The van der Waals surface area contributed by atoms with Crippen LogP contribution in [0, 0.1) is 12.7 Å². The maximum absolute atomic E-state index is 15.1. The molecule has 0 bridgehead atoms. The molecule has 35 heavy (non-hydrogen) atoms. The molecule has 3 heterocycles. The van der Waals surface area contributed by atoms with E-state index < -0.39 is 59.9 Å². The van der Waals surface area contributed by atoms with Crippen molar-refractivity contribution in [3.63, 3.8) is 0 Å². The van der Waals surface area contributed by atoms with Gasteiger partial charge in [-0.2, -0.15) is 22.8 Å². The summed E-state index contributed by atoms with van der Waals surface area (Å²) in [5.74, 6) is -3.83. The monoisotopic (exact) mass is 517 g/mol. The molecule has 9 nitrogen and oxygen atoms in total. The number of hydrogen-bond donors (Lipinski definition) is 1. The van der Waals surface area contributed by atoms with Gasteiger partial charge >= 0.3 is 11.9 Å². The van der Waals surface area contributed by atoms with Crippen LogP contribution in [0.15, 0.2) is 23.1 Å². The van der Waals surface area contributed by atoms with E-state index in [4.69, 9.17) is 16.3 Å². The maximum Gasteiger partial charge on any atom is 0.425 e. The summed E-state index contributed by atoms with van der Waals surface area (Å²) in [7, 11) is 0. The van der Waals surface area contributed by atoms with Crippen molar-refractivity contribution < 1.29 is 32.2 Å². The van der Waals surface area contributed by atoms with Crippen LogP contribution in [0.25, 0.3) is 5.82 Å². The number of ketones is 1. The lowest BCUT2D eigenvalue weighted by atomic mass is 10.0. The van der Waals surface area contributed by atoms with Gasteiger partial charge < -0.3 is 9.84 Å². The summed E-state index contributed by atoms with van der Waals surface area (Å²) < 4.78 is 61.1. The summed E-state index contributed by atoms with van der Waals surface area (Å²) in [6, 6.07) is 2.05. The molecular formula is C21H20ClF4N5O4. The molecule has 0 aromatic carbocycles. The van der Waals surface area contributed by atoms with Gasteiger partial charge in [-0.05, 0) is 38.5 Å². The third-order valence-electron chi connectivity index (χ3n) is 5.12. The normalized spacial score (nSPS) is 12.6. The van der Waals surface area contributed by atoms with Crippen LogP contribution in [-0.4, -0.2) is 47.5 Å². The molecule has 0 unspecified atom stereocenters. The molecule has 0 aliphatic rings. The van der Waals surface area contributed by atoms with Gasteiger partial charge in [0.05, 0.1) is 5.56 Å². The van der Waals surface area contributed by atoms with Crippen molar-refractivity contribution in [1.29, 1.82) is 0 Å². The van der Waals surface area contributed by atoms with Gasteiger partial charge in [0.15, 0.2) is 29.3 Å². The zero-order chi connectivity index (χ0) is 26.1. The minimum absolute atomic E-state index is 0.0760. The van der Waals surface area contributed by atoms with Crippen LogP contribution in [0.4, 0.5) is 17.6 Å². The molecular weight excluding hydrogens is 498 g/mol. The first-order valence-electron chi connectivity index (χ1n) is 10.3. The smallest absolute Gasteiger partial charge is 0.425 e. The van der Waals surface area contributed by atoms with E-state index in [2.05, 4.69) is 15.1 Å². The molecule has 0 aliphatic carbocycles. The number of aromatic nitrogens is 5. The van der Waals surface area contributed by atoms with Crippen molar-refractivity contribution in [2.45, 2.75) is 52.6 Å². The largest absolute Gasteiger partial charge is 0.464 e. The average molecular weight is 518 g/mol. The van der Waals surface area contributed by atoms with Crippen molar-refractivity contribution in [2.24, 2.45) is 0 Å². The first kappa shape index (κ1) is 26.3. The number of ether oxygens (including phenoxy) is 1. The molecule has 188 valence electrons. The van der Waals surface area contributed by atoms with Crippen molar-refractivity contribution in [2.75, 3.05) is 0 Å². The lowest BCUT2D eigenvalue weighted by molar-refractivity contribution is -0.190. The quantitative estimate of drug-likeness (QED) is 0.361. The van der Waals surface area contributed by atoms with Gasteiger partial charge in [0.25, 0.3) is 0 Å². The second kappa shape index (κ2) is 10.1. The van der Waals surface area contributed by atoms with E-state index in [9.17, 15) is 27.9 Å². The van der Waals surface area contributed by atoms with E-state index in [0.717, 1.165) is 4.57 Å². The van der Waals surface area contributed by atoms with E-state index in [1.165, 1.54) is 12.3 Å². The number of rotatable bonds is 8. The zero-order valence-corrected chi connectivity index (χ0v) is 19.5. The van der Waals surface area contributed by atoms with Crippen molar-refractivity contribution in [3.8, 4) is 11.7 Å². The first-order valence-corrected chi connectivity index (χ1v) is 10.6. The topological polar surface area (TPSA) is 112 Å². The molecule has 0 radical (unpaired) electrons. The van der Waals surface area contributed by atoms with Gasteiger partial charge in [-0.3, -0.25) is 14.3 Å². The van der Waals surface area contributed by atoms with Crippen molar-refractivity contribution in [3.05, 3.63) is 62.3 Å². The number of pyridine rings is 2. The summed E-state index contributed by atoms with van der Waals surface area (Å²) >= 11 is 6.11. The van der Waals surface area contributed by atoms with Crippen LogP contribution >= 0.6 is 11.6 Å². The Morgan fingerprint density at radius 2 is 2.03 bits per heavy atom. The second-order valence-corrected chi connectivity index (χ2v) is 7.83. The minimum Gasteiger partial charge on any atom is -0.464 e. The predicted octanol–water partition coefficient (Wildman–Crippen LogP) is 3.19. The SMILES string of the molecule is CCn1c(CO)nn(-c2nc(O[C@@H](C)C(F)(F)F)c(C(=O)Cc3c(Cl)ccnc3C)cc2F)c1=O. The Morgan fingerprint density at radius 1 is 1.34 bits per heavy atom. The van der Waals surface area contributed by atoms with Crippen LogP contribution in [0.5, 0.6) is 5.88 Å². The summed E-state index contributed by atoms with van der Waals surface area (Å²) in [6.07, 6.45) is -6.25. The van der Waals surface area contributed by atoms with Gasteiger partial charge in [0.2, 0.25) is 5.88 Å². The molecule has 14 heteroatoms. The third-order valence-corrected chi connectivity index (χ3v) is 5.48. The molecule has 0 aliphatic heterocycles. The van der Waals surface area contributed by atoms with Crippen LogP contribution in [0.3, 0.4) is 0 Å². The predicted molar refractivity (Wildman–Crippen MR) is 115 cm³/mol. The fraction of sp³-hybridized carbons (Fsp3) is 0.381. The fourth-order valence-electron chi connectivity index (χ4n) is 3.18. The van der Waals surface area contributed by atoms with E-state index in [0.29, 0.717) is 28.9 Å². The molecule has 0 amide bonds. The molecule has 0 saturated carbocycles. The van der Waals surface area contributed by atoms with E-state index >= 15 is 4.39 Å². The summed E-state index contributed by atoms with van der Waals surface area (Å²) in [5.41, 5.74) is -0.791. The Balaban J connectivity index is 2.16. The average Bonchev–Trinajstić information content (AvgIpc) is 3.11. The number of Topliss-reactive ketones (excluding diaryl/α,β-unsaturated/α-hetero) is 1. The van der Waals surface area contributed by atoms with Crippen LogP contribution in [0.2, 0.25) is 5.02 Å². The van der Waals surface area contributed by atoms with Gasteiger partial charge in [-0.1, -0.05) is 11.6 Å². The summed E-state index contributed by atoms with van der Waals surface area (Å²) in [4.78, 5) is 33.4. The van der Waals surface area contributed by atoms with Gasteiger partial charge in [0, 0.05) is 29.9 Å². The van der Waals surface area contributed by atoms with Crippen LogP contribution in [0.1, 0.15) is 41.3 Å². The summed E-state index contributed by atoms with van der Waals surface area (Å²) in [6.45, 7) is 3.25. The highest BCUT2D eigenvalue weighted by molar-refractivity contribution is 6.31. The third kappa shape index (κ3) is 5.35. The maximum atomic E-state index is 15.1. The van der Waals surface area contributed by atoms with Gasteiger partial charge in [-0.25, -0.2) is 9.18 Å². The van der Waals surface area contributed by atoms with Gasteiger partial charge in [0.1, 0.15) is 6.61 Å². The van der Waals surface area contributed by atoms with Crippen molar-refractivity contribution >= 4 is 17.4 Å². The van der Waals surface area contributed by atoms with Crippen LogP contribution in [-0.2, 0) is 19.6 Å². The number of aliphatic hydroxyl groups excluding tert-OH is 1. The number of hydrogen-bond acceptors (Lipinski definition) is 7. The Labute approximate surface area is 201 Å². The molecule has 3 rings (SSSR count). The number of aliphatic hydroxyl groups is 1. The first-order chi connectivity index (χ1) is 16.4. The highest BCUT2D eigenvalue weighted by Crippen LogP contribution is 2.29. The zero-order valence-electron chi connectivity index (χ0n) is 18.7. The lowest BCUT2D eigenvalue weighted by Crippen LogP contribution is -2.32. The van der Waals surface area contributed by atoms with Crippen LogP contribution < -0.4 is 10.4 Å². The Hall–Kier alpha value is -3.32. The molecule has 1 N–H and O–H groups in total. The molecule has 0 fully saturated rings. The number of nitrogens with zero attached hydrogens (tertiary/aromatic N) is 5. The molecule has 3 aromatic rings. The number of carbonyl (C=O) groups excluding carboxylic acids is 1. The second-order valence-electron chi connectivity index (χ2n) is 7.42. The number of aryl methyl sites for hydroxylation is 1. The number of alkyl halides is 3. The Kier molecular flexibility index (Phi) is 7.60. The minimum atomic E-state index is -4.83. The number of halogens is 5. The summed E-state index contributed by atoms with van der Waals surface area (Å²) in [5, 5.41) is 13.4. The highest BCUT2D eigenvalue weighted by atomic mass is 35.5. The van der Waals surface area contributed by atoms with E-state index in [-0.39, 0.29) is 17.4 Å². The Bertz CT molecular complexity index is 1300. The molecule has 1 atom stereocenters.